The molecule has 3 aromatic heterocycles. The van der Waals surface area contributed by atoms with Crippen LogP contribution >= 0.6 is 0 Å². The van der Waals surface area contributed by atoms with Crippen LogP contribution in [0.25, 0.3) is 16.6 Å². The molecule has 1 N–H and O–H groups in total. The first-order valence-electron chi connectivity index (χ1n) is 9.64. The van der Waals surface area contributed by atoms with Crippen LogP contribution in [0.4, 0.5) is 8.78 Å². The fourth-order valence-corrected chi connectivity index (χ4v) is 3.46. The van der Waals surface area contributed by atoms with Crippen molar-refractivity contribution in [3.8, 4) is 17.0 Å². The zero-order valence-corrected chi connectivity index (χ0v) is 17.0. The molecule has 0 unspecified atom stereocenters. The highest BCUT2D eigenvalue weighted by atomic mass is 19.1. The summed E-state index contributed by atoms with van der Waals surface area (Å²) in [6, 6.07) is 7.36. The third-order valence-corrected chi connectivity index (χ3v) is 4.92. The molecule has 0 aliphatic carbocycles. The monoisotopic (exact) mass is 426 g/mol. The SMILES string of the molecule is Cc1cc(OCc2c(F)cccc2F)n2nc(C)c(-c3cnn(CCC(=O)O)c3)c2c1. The van der Waals surface area contributed by atoms with Gasteiger partial charge in [-0.15, -0.1) is 0 Å². The number of ether oxygens (including phenoxy) is 1. The van der Waals surface area contributed by atoms with Crippen molar-refractivity contribution in [2.24, 2.45) is 0 Å². The molecule has 0 spiro atoms. The molecule has 160 valence electrons. The second-order valence-corrected chi connectivity index (χ2v) is 7.25. The first-order valence-corrected chi connectivity index (χ1v) is 9.64. The lowest BCUT2D eigenvalue weighted by Crippen LogP contribution is -2.05. The van der Waals surface area contributed by atoms with E-state index in [4.69, 9.17) is 9.84 Å². The Morgan fingerprint density at radius 1 is 1.19 bits per heavy atom. The molecule has 0 saturated carbocycles. The van der Waals surface area contributed by atoms with Gasteiger partial charge in [-0.2, -0.15) is 10.2 Å². The summed E-state index contributed by atoms with van der Waals surface area (Å²) in [5.74, 6) is -1.89. The molecule has 7 nitrogen and oxygen atoms in total. The van der Waals surface area contributed by atoms with E-state index in [1.165, 1.54) is 18.2 Å². The van der Waals surface area contributed by atoms with Crippen molar-refractivity contribution in [2.45, 2.75) is 33.4 Å². The summed E-state index contributed by atoms with van der Waals surface area (Å²) in [5, 5.41) is 17.6. The topological polar surface area (TPSA) is 81.7 Å². The number of nitrogens with zero attached hydrogens (tertiary/aromatic N) is 4. The molecule has 3 heterocycles. The van der Waals surface area contributed by atoms with Gasteiger partial charge < -0.3 is 9.84 Å². The summed E-state index contributed by atoms with van der Waals surface area (Å²) < 4.78 is 36.8. The average molecular weight is 426 g/mol. The summed E-state index contributed by atoms with van der Waals surface area (Å²) in [4.78, 5) is 10.8. The fraction of sp³-hybridized carbons (Fsp3) is 0.227. The lowest BCUT2D eigenvalue weighted by atomic mass is 10.1. The quantitative estimate of drug-likeness (QED) is 0.480. The smallest absolute Gasteiger partial charge is 0.305 e. The minimum Gasteiger partial charge on any atom is -0.481 e. The van der Waals surface area contributed by atoms with Crippen LogP contribution < -0.4 is 4.74 Å². The average Bonchev–Trinajstić information content (AvgIpc) is 3.29. The summed E-state index contributed by atoms with van der Waals surface area (Å²) in [6.45, 7) is 3.71. The number of carboxylic acid groups (broad SMARTS) is 1. The lowest BCUT2D eigenvalue weighted by molar-refractivity contribution is -0.137. The van der Waals surface area contributed by atoms with Crippen LogP contribution in [0.3, 0.4) is 0 Å². The van der Waals surface area contributed by atoms with Crippen molar-refractivity contribution >= 4 is 11.5 Å². The van der Waals surface area contributed by atoms with E-state index in [1.807, 2.05) is 19.9 Å². The minimum atomic E-state index is -0.895. The van der Waals surface area contributed by atoms with E-state index >= 15 is 0 Å². The number of aromatic nitrogens is 4. The fourth-order valence-electron chi connectivity index (χ4n) is 3.46. The number of rotatable bonds is 7. The van der Waals surface area contributed by atoms with Crippen LogP contribution in [-0.4, -0.2) is 30.5 Å². The highest BCUT2D eigenvalue weighted by Gasteiger charge is 2.18. The molecule has 9 heteroatoms. The maximum Gasteiger partial charge on any atom is 0.305 e. The Kier molecular flexibility index (Phi) is 5.41. The second kappa shape index (κ2) is 8.17. The van der Waals surface area contributed by atoms with E-state index in [-0.39, 0.29) is 25.1 Å². The molecule has 31 heavy (non-hydrogen) atoms. The number of hydrogen-bond acceptors (Lipinski definition) is 4. The van der Waals surface area contributed by atoms with Gasteiger partial charge in [-0.25, -0.2) is 13.3 Å². The molecule has 0 saturated heterocycles. The molecular formula is C22H20F2N4O3. The second-order valence-electron chi connectivity index (χ2n) is 7.25. The maximum atomic E-state index is 14.0. The number of carbonyl (C=O) groups is 1. The van der Waals surface area contributed by atoms with Crippen molar-refractivity contribution in [3.05, 3.63) is 71.2 Å². The first-order chi connectivity index (χ1) is 14.8. The number of aliphatic carboxylic acids is 1. The number of pyridine rings is 1. The zero-order valence-electron chi connectivity index (χ0n) is 17.0. The van der Waals surface area contributed by atoms with Gasteiger partial charge >= 0.3 is 5.97 Å². The summed E-state index contributed by atoms with van der Waals surface area (Å²) in [5.41, 5.74) is 3.81. The third kappa shape index (κ3) is 4.11. The molecule has 0 aliphatic rings. The van der Waals surface area contributed by atoms with Gasteiger partial charge in [0.2, 0.25) is 5.88 Å². The lowest BCUT2D eigenvalue weighted by Gasteiger charge is -2.11. The van der Waals surface area contributed by atoms with Gasteiger partial charge in [0.05, 0.1) is 35.9 Å². The Balaban J connectivity index is 1.69. The Labute approximate surface area is 176 Å². The Hall–Kier alpha value is -3.75. The molecule has 0 aliphatic heterocycles. The predicted octanol–water partition coefficient (Wildman–Crippen LogP) is 4.15. The van der Waals surface area contributed by atoms with E-state index in [1.54, 1.807) is 27.7 Å². The van der Waals surface area contributed by atoms with E-state index < -0.39 is 17.6 Å². The number of hydrogen-bond donors (Lipinski definition) is 1. The van der Waals surface area contributed by atoms with Crippen LogP contribution in [0.1, 0.15) is 23.2 Å². The number of fused-ring (bicyclic) bond motifs is 1. The van der Waals surface area contributed by atoms with E-state index in [2.05, 4.69) is 10.2 Å². The molecule has 0 atom stereocenters. The molecule has 1 aromatic carbocycles. The van der Waals surface area contributed by atoms with E-state index in [0.717, 1.165) is 22.2 Å². The first kappa shape index (κ1) is 20.5. The molecular weight excluding hydrogens is 406 g/mol. The van der Waals surface area contributed by atoms with Crippen molar-refractivity contribution in [1.29, 1.82) is 0 Å². The Morgan fingerprint density at radius 3 is 2.65 bits per heavy atom. The Bertz CT molecular complexity index is 1260. The van der Waals surface area contributed by atoms with E-state index in [9.17, 15) is 13.6 Å². The highest BCUT2D eigenvalue weighted by molar-refractivity contribution is 5.82. The minimum absolute atomic E-state index is 0.0292. The molecule has 0 radical (unpaired) electrons. The van der Waals surface area contributed by atoms with E-state index in [0.29, 0.717) is 11.6 Å². The number of halogens is 2. The number of carboxylic acids is 1. The largest absolute Gasteiger partial charge is 0.481 e. The summed E-state index contributed by atoms with van der Waals surface area (Å²) in [6.07, 6.45) is 3.40. The van der Waals surface area contributed by atoms with Crippen LogP contribution in [-0.2, 0) is 17.9 Å². The standard InChI is InChI=1S/C22H20F2N4O3/c1-13-8-19-22(15-10-25-27(11-15)7-6-21(29)30)14(2)26-28(19)20(9-13)31-12-16-17(23)4-3-5-18(16)24/h3-5,8-11H,6-7,12H2,1-2H3,(H,29,30). The van der Waals surface area contributed by atoms with Crippen molar-refractivity contribution in [3.63, 3.8) is 0 Å². The van der Waals surface area contributed by atoms with Crippen LogP contribution in [0.15, 0.2) is 42.7 Å². The van der Waals surface area contributed by atoms with Crippen LogP contribution in [0.2, 0.25) is 0 Å². The van der Waals surface area contributed by atoms with Gasteiger partial charge in [-0.1, -0.05) is 6.07 Å². The van der Waals surface area contributed by atoms with Crippen LogP contribution in [0.5, 0.6) is 5.88 Å². The van der Waals surface area contributed by atoms with Gasteiger partial charge in [-0.05, 0) is 37.6 Å². The number of aryl methyl sites for hydroxylation is 3. The third-order valence-electron chi connectivity index (χ3n) is 4.92. The van der Waals surface area contributed by atoms with Gasteiger partial charge in [-0.3, -0.25) is 9.48 Å². The highest BCUT2D eigenvalue weighted by Crippen LogP contribution is 2.31. The zero-order chi connectivity index (χ0) is 22.1. The predicted molar refractivity (Wildman–Crippen MR) is 109 cm³/mol. The van der Waals surface area contributed by atoms with Crippen molar-refractivity contribution in [1.82, 2.24) is 19.4 Å². The molecule has 4 rings (SSSR count). The molecule has 0 bridgehead atoms. The normalized spacial score (nSPS) is 11.2. The van der Waals surface area contributed by atoms with Gasteiger partial charge in [0, 0.05) is 23.4 Å². The molecule has 0 amide bonds. The summed E-state index contributed by atoms with van der Waals surface area (Å²) >= 11 is 0. The number of benzene rings is 1. The van der Waals surface area contributed by atoms with Gasteiger partial charge in [0.15, 0.2) is 0 Å². The van der Waals surface area contributed by atoms with Gasteiger partial charge in [0.25, 0.3) is 0 Å². The van der Waals surface area contributed by atoms with Gasteiger partial charge in [0.1, 0.15) is 18.2 Å². The van der Waals surface area contributed by atoms with Crippen molar-refractivity contribution < 1.29 is 23.4 Å². The summed E-state index contributed by atoms with van der Waals surface area (Å²) in [7, 11) is 0. The molecule has 0 fully saturated rings. The van der Waals surface area contributed by atoms with Crippen molar-refractivity contribution in [2.75, 3.05) is 0 Å². The van der Waals surface area contributed by atoms with Crippen LogP contribution in [0, 0.1) is 25.5 Å². The maximum absolute atomic E-state index is 14.0. The Morgan fingerprint density at radius 2 is 1.94 bits per heavy atom. The molecule has 4 aromatic rings.